The van der Waals surface area contributed by atoms with E-state index in [9.17, 15) is 4.79 Å². The molecule has 16 heavy (non-hydrogen) atoms. The molecule has 1 heterocycles. The van der Waals surface area contributed by atoms with Crippen LogP contribution in [0.3, 0.4) is 0 Å². The van der Waals surface area contributed by atoms with Gasteiger partial charge in [0.15, 0.2) is 11.5 Å². The SMILES string of the molecule is O=C(CC1CC1)c1cc2cccc(Br)c2o1. The van der Waals surface area contributed by atoms with Crippen molar-refractivity contribution in [2.75, 3.05) is 0 Å². The van der Waals surface area contributed by atoms with Crippen LogP contribution in [0.2, 0.25) is 0 Å². The molecule has 0 aliphatic heterocycles. The first-order chi connectivity index (χ1) is 7.74. The van der Waals surface area contributed by atoms with Gasteiger partial charge in [-0.2, -0.15) is 0 Å². The summed E-state index contributed by atoms with van der Waals surface area (Å²) in [5.74, 6) is 1.23. The fourth-order valence-electron chi connectivity index (χ4n) is 1.85. The first kappa shape index (κ1) is 10.1. The van der Waals surface area contributed by atoms with Crippen LogP contribution >= 0.6 is 15.9 Å². The lowest BCUT2D eigenvalue weighted by Gasteiger charge is -1.93. The number of ketones is 1. The highest BCUT2D eigenvalue weighted by atomic mass is 79.9. The summed E-state index contributed by atoms with van der Waals surface area (Å²) in [6.45, 7) is 0. The van der Waals surface area contributed by atoms with Crippen molar-refractivity contribution in [2.24, 2.45) is 5.92 Å². The van der Waals surface area contributed by atoms with Gasteiger partial charge in [-0.1, -0.05) is 12.1 Å². The second kappa shape index (κ2) is 3.74. The van der Waals surface area contributed by atoms with E-state index in [1.165, 1.54) is 12.8 Å². The predicted molar refractivity (Wildman–Crippen MR) is 65.6 cm³/mol. The number of carbonyl (C=O) groups excluding carboxylic acids is 1. The molecule has 0 N–H and O–H groups in total. The molecule has 0 amide bonds. The van der Waals surface area contributed by atoms with Crippen molar-refractivity contribution >= 4 is 32.7 Å². The quantitative estimate of drug-likeness (QED) is 0.789. The van der Waals surface area contributed by atoms with Crippen LogP contribution in [-0.2, 0) is 0 Å². The molecule has 0 atom stereocenters. The molecule has 0 spiro atoms. The molecule has 1 aliphatic rings. The van der Waals surface area contributed by atoms with Crippen molar-refractivity contribution < 1.29 is 9.21 Å². The average Bonchev–Trinajstić information content (AvgIpc) is 2.95. The zero-order valence-electron chi connectivity index (χ0n) is 8.70. The molecule has 0 unspecified atom stereocenters. The fourth-order valence-corrected chi connectivity index (χ4v) is 2.31. The monoisotopic (exact) mass is 278 g/mol. The van der Waals surface area contributed by atoms with Gasteiger partial charge in [-0.15, -0.1) is 0 Å². The van der Waals surface area contributed by atoms with Crippen LogP contribution in [0.15, 0.2) is 33.2 Å². The smallest absolute Gasteiger partial charge is 0.198 e. The van der Waals surface area contributed by atoms with Crippen molar-refractivity contribution in [3.8, 4) is 0 Å². The highest BCUT2D eigenvalue weighted by molar-refractivity contribution is 9.10. The topological polar surface area (TPSA) is 30.2 Å². The number of hydrogen-bond acceptors (Lipinski definition) is 2. The summed E-state index contributed by atoms with van der Waals surface area (Å²) < 4.78 is 6.49. The lowest BCUT2D eigenvalue weighted by molar-refractivity contribution is 0.0951. The Morgan fingerprint density at radius 3 is 2.94 bits per heavy atom. The first-order valence-electron chi connectivity index (χ1n) is 5.45. The molecular formula is C13H11BrO2. The van der Waals surface area contributed by atoms with E-state index in [-0.39, 0.29) is 5.78 Å². The molecule has 2 aromatic rings. The largest absolute Gasteiger partial charge is 0.452 e. The van der Waals surface area contributed by atoms with Crippen molar-refractivity contribution in [1.82, 2.24) is 0 Å². The van der Waals surface area contributed by atoms with Gasteiger partial charge in [0.05, 0.1) is 4.47 Å². The van der Waals surface area contributed by atoms with E-state index < -0.39 is 0 Å². The van der Waals surface area contributed by atoms with Crippen LogP contribution in [0.25, 0.3) is 11.0 Å². The van der Waals surface area contributed by atoms with Gasteiger partial charge >= 0.3 is 0 Å². The second-order valence-electron chi connectivity index (χ2n) is 4.34. The third-order valence-electron chi connectivity index (χ3n) is 2.94. The van der Waals surface area contributed by atoms with Crippen LogP contribution in [0, 0.1) is 5.92 Å². The minimum atomic E-state index is 0.130. The summed E-state index contributed by atoms with van der Waals surface area (Å²) in [6, 6.07) is 7.65. The number of para-hydroxylation sites is 1. The van der Waals surface area contributed by atoms with Crippen molar-refractivity contribution in [3.63, 3.8) is 0 Å². The second-order valence-corrected chi connectivity index (χ2v) is 5.19. The number of rotatable bonds is 3. The number of halogens is 1. The van der Waals surface area contributed by atoms with Gasteiger partial charge < -0.3 is 4.42 Å². The van der Waals surface area contributed by atoms with Crippen LogP contribution in [0.1, 0.15) is 29.8 Å². The number of benzene rings is 1. The molecule has 1 fully saturated rings. The lowest BCUT2D eigenvalue weighted by atomic mass is 10.1. The normalized spacial score (nSPS) is 15.6. The van der Waals surface area contributed by atoms with E-state index in [0.29, 0.717) is 18.1 Å². The van der Waals surface area contributed by atoms with Gasteiger partial charge in [0.1, 0.15) is 5.58 Å². The average molecular weight is 279 g/mol. The maximum absolute atomic E-state index is 11.9. The molecule has 2 nitrogen and oxygen atoms in total. The van der Waals surface area contributed by atoms with E-state index in [0.717, 1.165) is 15.4 Å². The summed E-state index contributed by atoms with van der Waals surface area (Å²) in [5, 5.41) is 0.980. The van der Waals surface area contributed by atoms with E-state index >= 15 is 0 Å². The van der Waals surface area contributed by atoms with Gasteiger partial charge in [0.25, 0.3) is 0 Å². The Kier molecular flexibility index (Phi) is 2.36. The molecule has 1 aliphatic carbocycles. The maximum Gasteiger partial charge on any atom is 0.198 e. The Labute approximate surface area is 102 Å². The Hall–Kier alpha value is -1.09. The standard InChI is InChI=1S/C13H11BrO2/c14-10-3-1-2-9-7-12(16-13(9)10)11(15)6-8-4-5-8/h1-3,7-8H,4-6H2. The summed E-state index contributed by atoms with van der Waals surface area (Å²) in [5.41, 5.74) is 0.765. The third-order valence-corrected chi connectivity index (χ3v) is 3.57. The van der Waals surface area contributed by atoms with E-state index in [1.54, 1.807) is 0 Å². The van der Waals surface area contributed by atoms with Crippen LogP contribution < -0.4 is 0 Å². The summed E-state index contributed by atoms with van der Waals surface area (Å²) in [6.07, 6.45) is 3.02. The Bertz CT molecular complexity index is 552. The maximum atomic E-state index is 11.9. The summed E-state index contributed by atoms with van der Waals surface area (Å²) >= 11 is 3.42. The molecule has 1 aromatic carbocycles. The number of furan rings is 1. The molecule has 1 saturated carbocycles. The first-order valence-corrected chi connectivity index (χ1v) is 6.24. The molecular weight excluding hydrogens is 268 g/mol. The lowest BCUT2D eigenvalue weighted by Crippen LogP contribution is -1.97. The van der Waals surface area contributed by atoms with Gasteiger partial charge in [-0.3, -0.25) is 4.79 Å². The predicted octanol–water partition coefficient (Wildman–Crippen LogP) is 4.18. The molecule has 82 valence electrons. The Balaban J connectivity index is 1.97. The molecule has 0 bridgehead atoms. The van der Waals surface area contributed by atoms with Crippen LogP contribution in [-0.4, -0.2) is 5.78 Å². The zero-order valence-corrected chi connectivity index (χ0v) is 10.3. The molecule has 3 heteroatoms. The van der Waals surface area contributed by atoms with Gasteiger partial charge in [0.2, 0.25) is 0 Å². The highest BCUT2D eigenvalue weighted by Gasteiger charge is 2.26. The van der Waals surface area contributed by atoms with Gasteiger partial charge in [-0.05, 0) is 46.8 Å². The number of carbonyl (C=O) groups is 1. The van der Waals surface area contributed by atoms with E-state index in [4.69, 9.17) is 4.42 Å². The summed E-state index contributed by atoms with van der Waals surface area (Å²) in [4.78, 5) is 11.9. The number of fused-ring (bicyclic) bond motifs is 1. The van der Waals surface area contributed by atoms with E-state index in [2.05, 4.69) is 15.9 Å². The van der Waals surface area contributed by atoms with E-state index in [1.807, 2.05) is 24.3 Å². The third kappa shape index (κ3) is 1.80. The van der Waals surface area contributed by atoms with Crippen molar-refractivity contribution in [1.29, 1.82) is 0 Å². The zero-order chi connectivity index (χ0) is 11.1. The van der Waals surface area contributed by atoms with Crippen LogP contribution in [0.4, 0.5) is 0 Å². The summed E-state index contributed by atoms with van der Waals surface area (Å²) in [7, 11) is 0. The molecule has 0 saturated heterocycles. The molecule has 1 aromatic heterocycles. The van der Waals surface area contributed by atoms with Crippen LogP contribution in [0.5, 0.6) is 0 Å². The number of hydrogen-bond donors (Lipinski definition) is 0. The van der Waals surface area contributed by atoms with Gasteiger partial charge in [-0.25, -0.2) is 0 Å². The number of Topliss-reactive ketones (excluding diaryl/α,β-unsaturated/α-hetero) is 1. The molecule has 0 radical (unpaired) electrons. The van der Waals surface area contributed by atoms with Crippen molar-refractivity contribution in [2.45, 2.75) is 19.3 Å². The van der Waals surface area contributed by atoms with Gasteiger partial charge in [0, 0.05) is 11.8 Å². The highest BCUT2D eigenvalue weighted by Crippen LogP contribution is 2.34. The van der Waals surface area contributed by atoms with Crippen molar-refractivity contribution in [3.05, 3.63) is 34.5 Å². The molecule has 3 rings (SSSR count). The minimum absolute atomic E-state index is 0.130. The fraction of sp³-hybridized carbons (Fsp3) is 0.308. The minimum Gasteiger partial charge on any atom is -0.452 e. The Morgan fingerprint density at radius 2 is 2.25 bits per heavy atom. The Morgan fingerprint density at radius 1 is 1.44 bits per heavy atom.